The predicted molar refractivity (Wildman–Crippen MR) is 62.6 cm³/mol. The van der Waals surface area contributed by atoms with Crippen molar-refractivity contribution in [2.24, 2.45) is 14.1 Å². The average Bonchev–Trinajstić information content (AvgIpc) is 2.88. The van der Waals surface area contributed by atoms with Crippen LogP contribution in [-0.4, -0.2) is 9.13 Å². The minimum atomic E-state index is 0. The Balaban J connectivity index is 0. The molecule has 0 saturated carbocycles. The first-order valence-electron chi connectivity index (χ1n) is 5.67. The summed E-state index contributed by atoms with van der Waals surface area (Å²) in [7, 11) is 4.04. The van der Waals surface area contributed by atoms with Gasteiger partial charge in [-0.15, -0.1) is 0 Å². The second-order valence-corrected chi connectivity index (χ2v) is 3.82. The van der Waals surface area contributed by atoms with E-state index in [2.05, 4.69) is 48.0 Å². The predicted octanol–water partition coefficient (Wildman–Crippen LogP) is -5.33. The molecule has 0 aliphatic heterocycles. The number of imidazole rings is 2. The molecule has 0 aliphatic carbocycles. The van der Waals surface area contributed by atoms with E-state index in [1.807, 2.05) is 35.6 Å². The van der Waals surface area contributed by atoms with E-state index in [1.165, 1.54) is 0 Å². The lowest BCUT2D eigenvalue weighted by molar-refractivity contribution is -0.671. The number of aromatic nitrogens is 4. The third-order valence-corrected chi connectivity index (χ3v) is 2.38. The standard InChI is InChI=1S/2C6H11N2.BrH.HI/c2*1-3-8-5-4-7(2)6-8;;/h2*4-6H,3H2,1-2H3;2*1H/q2*+1;;/p-2. The molecule has 18 heavy (non-hydrogen) atoms. The van der Waals surface area contributed by atoms with Gasteiger partial charge in [0, 0.05) is 0 Å². The summed E-state index contributed by atoms with van der Waals surface area (Å²) in [4.78, 5) is 0. The maximum absolute atomic E-state index is 2.12. The molecule has 0 amide bonds. The number of nitrogens with zero attached hydrogens (tertiary/aromatic N) is 4. The van der Waals surface area contributed by atoms with Gasteiger partial charge in [0.05, 0.1) is 27.2 Å². The number of halogens is 2. The molecule has 0 aromatic carbocycles. The van der Waals surface area contributed by atoms with Gasteiger partial charge in [0.2, 0.25) is 12.7 Å². The van der Waals surface area contributed by atoms with Crippen molar-refractivity contribution >= 4 is 0 Å². The van der Waals surface area contributed by atoms with Crippen LogP contribution in [0.5, 0.6) is 0 Å². The molecule has 0 spiro atoms. The Bertz CT molecular complexity index is 385. The van der Waals surface area contributed by atoms with Gasteiger partial charge in [0.15, 0.2) is 0 Å². The molecule has 0 saturated heterocycles. The zero-order valence-electron chi connectivity index (χ0n) is 11.4. The van der Waals surface area contributed by atoms with Gasteiger partial charge in [-0.3, -0.25) is 0 Å². The minimum absolute atomic E-state index is 0. The zero-order chi connectivity index (χ0) is 12.0. The molecule has 2 aromatic rings. The lowest BCUT2D eigenvalue weighted by Gasteiger charge is -1.81. The molecule has 2 aromatic heterocycles. The van der Waals surface area contributed by atoms with E-state index >= 15 is 0 Å². The Hall–Kier alpha value is -0.370. The smallest absolute Gasteiger partial charge is 0.243 e. The molecule has 2 rings (SSSR count). The topological polar surface area (TPSA) is 17.6 Å². The van der Waals surface area contributed by atoms with E-state index in [9.17, 15) is 0 Å². The molecule has 0 unspecified atom stereocenters. The fourth-order valence-corrected chi connectivity index (χ4v) is 1.38. The first-order valence-corrected chi connectivity index (χ1v) is 5.67. The minimum Gasteiger partial charge on any atom is -1.00 e. The SMILES string of the molecule is CCn1cc[n+](C)c1.CCn1cc[n+](C)c1.[Br-].[I-]. The first kappa shape index (κ1) is 20.0. The lowest BCUT2D eigenvalue weighted by Crippen LogP contribution is -3.00. The fourth-order valence-electron chi connectivity index (χ4n) is 1.38. The van der Waals surface area contributed by atoms with Crippen LogP contribution in [0.15, 0.2) is 37.4 Å². The van der Waals surface area contributed by atoms with Crippen molar-refractivity contribution in [1.29, 1.82) is 0 Å². The van der Waals surface area contributed by atoms with Crippen molar-refractivity contribution in [3.63, 3.8) is 0 Å². The van der Waals surface area contributed by atoms with Crippen molar-refractivity contribution in [2.75, 3.05) is 0 Å². The summed E-state index contributed by atoms with van der Waals surface area (Å²) >= 11 is 0. The van der Waals surface area contributed by atoms with Crippen molar-refractivity contribution in [3.8, 4) is 0 Å². The van der Waals surface area contributed by atoms with Crippen LogP contribution < -0.4 is 50.1 Å². The molecule has 0 atom stereocenters. The summed E-state index contributed by atoms with van der Waals surface area (Å²) in [5.74, 6) is 0. The van der Waals surface area contributed by atoms with Crippen molar-refractivity contribution in [1.82, 2.24) is 9.13 Å². The van der Waals surface area contributed by atoms with Gasteiger partial charge in [-0.25, -0.2) is 18.3 Å². The third kappa shape index (κ3) is 7.15. The molecule has 6 heteroatoms. The molecule has 0 bridgehead atoms. The van der Waals surface area contributed by atoms with E-state index in [4.69, 9.17) is 0 Å². The van der Waals surface area contributed by atoms with Crippen LogP contribution in [0.3, 0.4) is 0 Å². The molecule has 0 N–H and O–H groups in total. The Morgan fingerprint density at radius 3 is 1.28 bits per heavy atom. The van der Waals surface area contributed by atoms with Crippen molar-refractivity contribution in [2.45, 2.75) is 26.9 Å². The monoisotopic (exact) mass is 428 g/mol. The summed E-state index contributed by atoms with van der Waals surface area (Å²) in [6.45, 7) is 6.36. The van der Waals surface area contributed by atoms with E-state index in [0.717, 1.165) is 13.1 Å². The van der Waals surface area contributed by atoms with Crippen molar-refractivity contribution < 1.29 is 50.1 Å². The molecule has 2 heterocycles. The van der Waals surface area contributed by atoms with Gasteiger partial charge in [-0.2, -0.15) is 0 Å². The average molecular weight is 429 g/mol. The highest BCUT2D eigenvalue weighted by Gasteiger charge is 1.92. The molecule has 104 valence electrons. The number of hydrogen-bond acceptors (Lipinski definition) is 0. The van der Waals surface area contributed by atoms with Crippen LogP contribution >= 0.6 is 0 Å². The quantitative estimate of drug-likeness (QED) is 0.336. The van der Waals surface area contributed by atoms with Gasteiger partial charge in [0.25, 0.3) is 0 Å². The Labute approximate surface area is 137 Å². The summed E-state index contributed by atoms with van der Waals surface area (Å²) in [6, 6.07) is 0. The van der Waals surface area contributed by atoms with E-state index in [1.54, 1.807) is 0 Å². The van der Waals surface area contributed by atoms with Gasteiger partial charge in [-0.05, 0) is 13.8 Å². The summed E-state index contributed by atoms with van der Waals surface area (Å²) < 4.78 is 8.31. The number of hydrogen-bond donors (Lipinski definition) is 0. The molecule has 4 nitrogen and oxygen atoms in total. The largest absolute Gasteiger partial charge is 1.00 e. The maximum atomic E-state index is 2.12. The second kappa shape index (κ2) is 10.5. The summed E-state index contributed by atoms with van der Waals surface area (Å²) in [5, 5.41) is 0. The van der Waals surface area contributed by atoms with Gasteiger partial charge in [-0.1, -0.05) is 0 Å². The normalized spacial score (nSPS) is 8.67. The van der Waals surface area contributed by atoms with Crippen LogP contribution in [0.1, 0.15) is 13.8 Å². The second-order valence-electron chi connectivity index (χ2n) is 3.82. The summed E-state index contributed by atoms with van der Waals surface area (Å²) in [6.07, 6.45) is 12.3. The van der Waals surface area contributed by atoms with Crippen LogP contribution in [0.4, 0.5) is 0 Å². The highest BCUT2D eigenvalue weighted by Crippen LogP contribution is 1.79. The summed E-state index contributed by atoms with van der Waals surface area (Å²) in [5.41, 5.74) is 0. The highest BCUT2D eigenvalue weighted by molar-refractivity contribution is 4.64. The fraction of sp³-hybridized carbons (Fsp3) is 0.500. The Morgan fingerprint density at radius 1 is 0.833 bits per heavy atom. The Morgan fingerprint density at radius 2 is 1.17 bits per heavy atom. The molecular formula is C12H22BrIN4. The maximum Gasteiger partial charge on any atom is 0.243 e. The van der Waals surface area contributed by atoms with Crippen molar-refractivity contribution in [3.05, 3.63) is 37.4 Å². The Kier molecular flexibility index (Phi) is 11.7. The number of rotatable bonds is 2. The van der Waals surface area contributed by atoms with Gasteiger partial charge >= 0.3 is 0 Å². The third-order valence-electron chi connectivity index (χ3n) is 2.38. The van der Waals surface area contributed by atoms with E-state index in [-0.39, 0.29) is 41.0 Å². The number of aryl methyl sites for hydroxylation is 4. The van der Waals surface area contributed by atoms with Crippen LogP contribution in [0.25, 0.3) is 0 Å². The molecular weight excluding hydrogens is 407 g/mol. The first-order chi connectivity index (χ1) is 7.65. The van der Waals surface area contributed by atoms with E-state index in [0.29, 0.717) is 0 Å². The molecule has 0 aliphatic rings. The van der Waals surface area contributed by atoms with Crippen LogP contribution in [0.2, 0.25) is 0 Å². The molecule has 0 fully saturated rings. The zero-order valence-corrected chi connectivity index (χ0v) is 15.2. The molecule has 0 radical (unpaired) electrons. The van der Waals surface area contributed by atoms with Gasteiger partial charge < -0.3 is 41.0 Å². The lowest BCUT2D eigenvalue weighted by atomic mass is 10.7. The van der Waals surface area contributed by atoms with E-state index < -0.39 is 0 Å². The van der Waals surface area contributed by atoms with Crippen LogP contribution in [0, 0.1) is 0 Å². The highest BCUT2D eigenvalue weighted by atomic mass is 127. The van der Waals surface area contributed by atoms with Gasteiger partial charge in [0.1, 0.15) is 24.8 Å². The van der Waals surface area contributed by atoms with Crippen LogP contribution in [-0.2, 0) is 27.2 Å².